The number of rotatable bonds is 0. The van der Waals surface area contributed by atoms with Crippen LogP contribution in [0, 0.1) is 47.3 Å². The van der Waals surface area contributed by atoms with Crippen molar-refractivity contribution in [2.75, 3.05) is 0 Å². The van der Waals surface area contributed by atoms with Gasteiger partial charge in [-0.2, -0.15) is 0 Å². The minimum atomic E-state index is 0. The van der Waals surface area contributed by atoms with E-state index >= 15 is 0 Å². The average Bonchev–Trinajstić information content (AvgIpc) is 3.73. The topological polar surface area (TPSA) is 96.2 Å². The van der Waals surface area contributed by atoms with Crippen molar-refractivity contribution >= 4 is 0 Å². The van der Waals surface area contributed by atoms with Crippen LogP contribution in [0.1, 0.15) is 103 Å². The first-order valence-corrected chi connectivity index (χ1v) is 17.9. The molecule has 5 heterocycles. The fourth-order valence-corrected chi connectivity index (χ4v) is 12.0. The molecule has 0 spiro atoms. The van der Waals surface area contributed by atoms with Gasteiger partial charge in [0, 0.05) is 16.8 Å². The molecule has 41 heavy (non-hydrogen) atoms. The summed E-state index contributed by atoms with van der Waals surface area (Å²) in [5.41, 5.74) is 0. The Morgan fingerprint density at radius 1 is 0.220 bits per heavy atom. The van der Waals surface area contributed by atoms with E-state index in [1.54, 1.807) is 0 Å². The van der Waals surface area contributed by atoms with Crippen molar-refractivity contribution in [3.63, 3.8) is 0 Å². The first kappa shape index (κ1) is 28.6. The molecule has 8 bridgehead atoms. The smallest absolute Gasteiger partial charge is 0.0628 e. The van der Waals surface area contributed by atoms with Crippen molar-refractivity contribution in [3.8, 4) is 0 Å². The predicted octanol–water partition coefficient (Wildman–Crippen LogP) is 2.60. The molecule has 8 N–H and O–H groups in total. The predicted molar refractivity (Wildman–Crippen MR) is 157 cm³/mol. The van der Waals surface area contributed by atoms with Crippen molar-refractivity contribution in [3.05, 3.63) is 0 Å². The molecule has 9 heteroatoms. The first-order valence-electron chi connectivity index (χ1n) is 17.9. The van der Waals surface area contributed by atoms with E-state index in [1.807, 2.05) is 0 Å². The molecule has 8 nitrogen and oxygen atoms in total. The third-order valence-electron chi connectivity index (χ3n) is 13.8. The van der Waals surface area contributed by atoms with Gasteiger partial charge >= 0.3 is 0 Å². The number of hydrogen-bond acceptors (Lipinski definition) is 8. The molecule has 9 fully saturated rings. The summed E-state index contributed by atoms with van der Waals surface area (Å²) in [6, 6.07) is 0. The van der Waals surface area contributed by atoms with E-state index in [4.69, 9.17) is 0 Å². The van der Waals surface area contributed by atoms with Gasteiger partial charge in [-0.1, -0.05) is 51.4 Å². The van der Waals surface area contributed by atoms with E-state index < -0.39 is 0 Å². The number of hydrogen-bond donors (Lipinski definition) is 8. The Balaban J connectivity index is 0.00000256. The van der Waals surface area contributed by atoms with Crippen LogP contribution < -0.4 is 42.5 Å². The molecule has 0 amide bonds. The molecule has 8 unspecified atom stereocenters. The van der Waals surface area contributed by atoms with Crippen LogP contribution in [-0.4, -0.2) is 49.3 Å². The zero-order chi connectivity index (χ0) is 26.2. The summed E-state index contributed by atoms with van der Waals surface area (Å²) in [7, 11) is 0. The van der Waals surface area contributed by atoms with Crippen LogP contribution in [0.15, 0.2) is 0 Å². The van der Waals surface area contributed by atoms with Crippen LogP contribution in [0.2, 0.25) is 0 Å². The summed E-state index contributed by atoms with van der Waals surface area (Å²) in [6.07, 6.45) is 25.6. The van der Waals surface area contributed by atoms with Gasteiger partial charge in [-0.25, -0.2) is 0 Å². The van der Waals surface area contributed by atoms with Crippen molar-refractivity contribution in [1.29, 1.82) is 0 Å². The summed E-state index contributed by atoms with van der Waals surface area (Å²) in [4.78, 5) is 0. The summed E-state index contributed by atoms with van der Waals surface area (Å²) in [6.45, 7) is 0. The molecular formula is C32H56CoN8. The van der Waals surface area contributed by atoms with E-state index in [9.17, 15) is 0 Å². The van der Waals surface area contributed by atoms with E-state index in [0.717, 1.165) is 47.3 Å². The summed E-state index contributed by atoms with van der Waals surface area (Å²) >= 11 is 0. The molecule has 8 atom stereocenters. The van der Waals surface area contributed by atoms with Gasteiger partial charge < -0.3 is 0 Å². The van der Waals surface area contributed by atoms with Gasteiger partial charge in [-0.3, -0.25) is 42.5 Å². The summed E-state index contributed by atoms with van der Waals surface area (Å²) in [5.74, 6) is 5.97. The maximum Gasteiger partial charge on any atom is 0.0628 e. The SMILES string of the molecule is C1CCC2C3NC(NC4NC(NC5NC(NC6NC(N3)C3CCCCC63)C3CCCCC53)C3CCCCC43)C2C1.[Co]. The monoisotopic (exact) mass is 611 g/mol. The zero-order valence-corrected chi connectivity index (χ0v) is 25.9. The fraction of sp³-hybridized carbons (Fsp3) is 1.00. The van der Waals surface area contributed by atoms with Gasteiger partial charge in [-0.15, -0.1) is 0 Å². The standard InChI is InChI=1S/C32H56N8.Co/c1-2-10-18-17(9-1)25-33-26(18)38-28-21-13-5-6-14-22(21)30(35-28)40-32-24-16-8-7-15-23(24)31(36-32)39-29-20-12-4-3-11-19(20)27(34-29)37-25;/h17-40H,1-16H2;. The molecule has 4 saturated carbocycles. The molecule has 0 aromatic carbocycles. The molecule has 9 aliphatic rings. The molecule has 233 valence electrons. The van der Waals surface area contributed by atoms with Gasteiger partial charge in [-0.05, 0) is 98.7 Å². The average molecular weight is 612 g/mol. The Morgan fingerprint density at radius 3 is 0.463 bits per heavy atom. The Labute approximate surface area is 258 Å². The molecule has 1 radical (unpaired) electrons. The zero-order valence-electron chi connectivity index (χ0n) is 24.9. The first-order chi connectivity index (χ1) is 19.8. The van der Waals surface area contributed by atoms with Gasteiger partial charge in [0.25, 0.3) is 0 Å². The van der Waals surface area contributed by atoms with Crippen molar-refractivity contribution < 1.29 is 16.8 Å². The van der Waals surface area contributed by atoms with E-state index in [0.29, 0.717) is 49.3 Å². The molecule has 5 saturated heterocycles. The van der Waals surface area contributed by atoms with Crippen LogP contribution in [0.25, 0.3) is 0 Å². The van der Waals surface area contributed by atoms with Gasteiger partial charge in [0.2, 0.25) is 0 Å². The van der Waals surface area contributed by atoms with Crippen LogP contribution in [0.4, 0.5) is 0 Å². The Bertz CT molecular complexity index is 716. The molecule has 0 aromatic rings. The van der Waals surface area contributed by atoms with Crippen LogP contribution in [0.3, 0.4) is 0 Å². The van der Waals surface area contributed by atoms with Gasteiger partial charge in [0.1, 0.15) is 0 Å². The van der Waals surface area contributed by atoms with Gasteiger partial charge in [0.15, 0.2) is 0 Å². The van der Waals surface area contributed by atoms with Crippen molar-refractivity contribution in [1.82, 2.24) is 42.5 Å². The second-order valence-corrected chi connectivity index (χ2v) is 15.6. The summed E-state index contributed by atoms with van der Waals surface area (Å²) < 4.78 is 0. The maximum absolute atomic E-state index is 4.26. The number of fused-ring (bicyclic) bond motifs is 20. The Hall–Kier alpha value is 0.186. The Morgan fingerprint density at radius 2 is 0.341 bits per heavy atom. The van der Waals surface area contributed by atoms with Crippen molar-refractivity contribution in [2.24, 2.45) is 47.3 Å². The second kappa shape index (κ2) is 11.8. The van der Waals surface area contributed by atoms with Crippen LogP contribution in [0.5, 0.6) is 0 Å². The summed E-state index contributed by atoms with van der Waals surface area (Å²) in [5, 5.41) is 33.8. The minimum absolute atomic E-state index is 0. The molecule has 5 aliphatic heterocycles. The quantitative estimate of drug-likeness (QED) is 0.212. The Kier molecular flexibility index (Phi) is 8.27. The van der Waals surface area contributed by atoms with Crippen LogP contribution >= 0.6 is 0 Å². The third-order valence-corrected chi connectivity index (χ3v) is 13.8. The molecular weight excluding hydrogens is 555 g/mol. The molecule has 4 aliphatic carbocycles. The van der Waals surface area contributed by atoms with E-state index in [-0.39, 0.29) is 16.8 Å². The molecule has 0 aromatic heterocycles. The van der Waals surface area contributed by atoms with Crippen LogP contribution in [-0.2, 0) is 16.8 Å². The van der Waals surface area contributed by atoms with Crippen molar-refractivity contribution in [2.45, 2.75) is 152 Å². The van der Waals surface area contributed by atoms with E-state index in [2.05, 4.69) is 42.5 Å². The normalized spacial score (nSPS) is 56.2. The van der Waals surface area contributed by atoms with Gasteiger partial charge in [0.05, 0.1) is 49.3 Å². The number of nitrogens with one attached hydrogen (secondary N) is 8. The minimum Gasteiger partial charge on any atom is -0.286 e. The third kappa shape index (κ3) is 5.01. The fourth-order valence-electron chi connectivity index (χ4n) is 12.0. The maximum atomic E-state index is 4.26. The van der Waals surface area contributed by atoms with E-state index in [1.165, 1.54) is 103 Å². The molecule has 9 rings (SSSR count). The largest absolute Gasteiger partial charge is 0.286 e. The second-order valence-electron chi connectivity index (χ2n) is 15.6.